The average Bonchev–Trinajstić information content (AvgIpc) is 2.81. The molecular weight excluding hydrogens is 367 g/mol. The summed E-state index contributed by atoms with van der Waals surface area (Å²) in [6.07, 6.45) is -3.03. The molecule has 1 aromatic carbocycles. The van der Waals surface area contributed by atoms with E-state index in [-0.39, 0.29) is 18.7 Å². The lowest BCUT2D eigenvalue weighted by Gasteiger charge is -2.09. The molecule has 0 fully saturated rings. The molecule has 0 spiro atoms. The van der Waals surface area contributed by atoms with Gasteiger partial charge in [-0.1, -0.05) is 15.9 Å². The molecule has 0 amide bonds. The first-order chi connectivity index (χ1) is 10.3. The number of esters is 1. The second-order valence-corrected chi connectivity index (χ2v) is 5.45. The topological polar surface area (TPSA) is 51.5 Å². The highest BCUT2D eigenvalue weighted by Crippen LogP contribution is 2.29. The number of benzene rings is 1. The Morgan fingerprint density at radius 3 is 2.77 bits per heavy atom. The molecule has 4 nitrogen and oxygen atoms in total. The Bertz CT molecular complexity index is 682. The zero-order valence-corrected chi connectivity index (χ0v) is 13.2. The third-order valence-corrected chi connectivity index (χ3v) is 3.31. The largest absolute Gasteiger partial charge is 0.463 e. The van der Waals surface area contributed by atoms with Crippen LogP contribution in [0.5, 0.6) is 0 Å². The predicted octanol–water partition coefficient (Wildman–Crippen LogP) is 4.02. The van der Waals surface area contributed by atoms with Gasteiger partial charge in [-0.05, 0) is 19.1 Å². The van der Waals surface area contributed by atoms with Crippen LogP contribution in [0, 0.1) is 0 Å². The Morgan fingerprint density at radius 1 is 1.41 bits per heavy atom. The standard InChI is InChI=1S/C14H13BrF3NO3/c1-2-21-13(20)11-6-22-12-8(3-9(15)4-10(11)12)5-19-7-14(16,17)18/h3-4,6,19H,2,5,7H2,1H3. The molecule has 0 radical (unpaired) electrons. The minimum absolute atomic E-state index is 0.0365. The molecule has 0 bridgehead atoms. The molecule has 120 valence electrons. The fraction of sp³-hybridized carbons (Fsp3) is 0.357. The van der Waals surface area contributed by atoms with Crippen molar-refractivity contribution in [3.05, 3.63) is 34.0 Å². The van der Waals surface area contributed by atoms with E-state index in [0.717, 1.165) is 0 Å². The predicted molar refractivity (Wildman–Crippen MR) is 77.6 cm³/mol. The summed E-state index contributed by atoms with van der Waals surface area (Å²) < 4.78 is 47.5. The maximum atomic E-state index is 12.2. The summed E-state index contributed by atoms with van der Waals surface area (Å²) in [5.74, 6) is -0.534. The highest BCUT2D eigenvalue weighted by Gasteiger charge is 2.26. The third-order valence-electron chi connectivity index (χ3n) is 2.85. The van der Waals surface area contributed by atoms with Gasteiger partial charge < -0.3 is 14.5 Å². The Hall–Kier alpha value is -1.54. The van der Waals surface area contributed by atoms with Crippen molar-refractivity contribution < 1.29 is 27.1 Å². The second kappa shape index (κ2) is 6.70. The summed E-state index contributed by atoms with van der Waals surface area (Å²) >= 11 is 3.28. The SMILES string of the molecule is CCOC(=O)c1coc2c(CNCC(F)(F)F)cc(Br)cc12. The Balaban J connectivity index is 2.30. The normalized spacial score (nSPS) is 11.9. The van der Waals surface area contributed by atoms with Crippen molar-refractivity contribution in [2.24, 2.45) is 0 Å². The van der Waals surface area contributed by atoms with Crippen LogP contribution in [-0.2, 0) is 11.3 Å². The molecule has 0 atom stereocenters. The Labute approximate surface area is 132 Å². The van der Waals surface area contributed by atoms with Crippen molar-refractivity contribution >= 4 is 32.9 Å². The smallest absolute Gasteiger partial charge is 0.401 e. The third kappa shape index (κ3) is 4.01. The van der Waals surface area contributed by atoms with Crippen LogP contribution in [0.2, 0.25) is 0 Å². The second-order valence-electron chi connectivity index (χ2n) is 4.53. The molecule has 0 aliphatic heterocycles. The molecule has 22 heavy (non-hydrogen) atoms. The van der Waals surface area contributed by atoms with Crippen LogP contribution in [0.3, 0.4) is 0 Å². The summed E-state index contributed by atoms with van der Waals surface area (Å²) in [4.78, 5) is 11.8. The van der Waals surface area contributed by atoms with Gasteiger partial charge in [0.15, 0.2) is 0 Å². The Kier molecular flexibility index (Phi) is 5.12. The quantitative estimate of drug-likeness (QED) is 0.797. The highest BCUT2D eigenvalue weighted by atomic mass is 79.9. The zero-order chi connectivity index (χ0) is 16.3. The summed E-state index contributed by atoms with van der Waals surface area (Å²) in [6, 6.07) is 3.31. The lowest BCUT2D eigenvalue weighted by Crippen LogP contribution is -2.28. The lowest BCUT2D eigenvalue weighted by molar-refractivity contribution is -0.125. The van der Waals surface area contributed by atoms with E-state index in [4.69, 9.17) is 9.15 Å². The van der Waals surface area contributed by atoms with Crippen LogP contribution in [0.15, 0.2) is 27.3 Å². The molecule has 1 heterocycles. The maximum absolute atomic E-state index is 12.2. The number of halogens is 4. The highest BCUT2D eigenvalue weighted by molar-refractivity contribution is 9.10. The van der Waals surface area contributed by atoms with Crippen LogP contribution in [0.25, 0.3) is 11.0 Å². The van der Waals surface area contributed by atoms with Crippen molar-refractivity contribution in [1.29, 1.82) is 0 Å². The summed E-state index contributed by atoms with van der Waals surface area (Å²) in [6.45, 7) is 0.764. The molecule has 0 unspecified atom stereocenters. The van der Waals surface area contributed by atoms with Gasteiger partial charge >= 0.3 is 12.1 Å². The average molecular weight is 380 g/mol. The monoisotopic (exact) mass is 379 g/mol. The van der Waals surface area contributed by atoms with E-state index in [1.807, 2.05) is 0 Å². The van der Waals surface area contributed by atoms with E-state index >= 15 is 0 Å². The van der Waals surface area contributed by atoms with E-state index in [1.54, 1.807) is 19.1 Å². The molecule has 2 aromatic rings. The van der Waals surface area contributed by atoms with Crippen molar-refractivity contribution in [2.45, 2.75) is 19.6 Å². The first-order valence-electron chi connectivity index (χ1n) is 6.46. The van der Waals surface area contributed by atoms with Crippen molar-refractivity contribution in [1.82, 2.24) is 5.32 Å². The molecule has 0 saturated heterocycles. The van der Waals surface area contributed by atoms with Crippen LogP contribution in [-0.4, -0.2) is 25.3 Å². The van der Waals surface area contributed by atoms with Crippen LogP contribution in [0.4, 0.5) is 13.2 Å². The first-order valence-corrected chi connectivity index (χ1v) is 7.25. The molecule has 1 N–H and O–H groups in total. The molecule has 1 aromatic heterocycles. The van der Waals surface area contributed by atoms with Gasteiger partial charge in [-0.25, -0.2) is 4.79 Å². The van der Waals surface area contributed by atoms with Gasteiger partial charge in [0.05, 0.1) is 13.2 Å². The van der Waals surface area contributed by atoms with E-state index in [2.05, 4.69) is 21.2 Å². The van der Waals surface area contributed by atoms with Gasteiger partial charge in [-0.15, -0.1) is 0 Å². The van der Waals surface area contributed by atoms with Crippen LogP contribution < -0.4 is 5.32 Å². The van der Waals surface area contributed by atoms with Crippen molar-refractivity contribution in [2.75, 3.05) is 13.2 Å². The number of furan rings is 1. The van der Waals surface area contributed by atoms with E-state index in [9.17, 15) is 18.0 Å². The molecule has 8 heteroatoms. The Morgan fingerprint density at radius 2 is 2.14 bits per heavy atom. The fourth-order valence-electron chi connectivity index (χ4n) is 2.01. The number of rotatable bonds is 5. The molecule has 0 aliphatic carbocycles. The zero-order valence-electron chi connectivity index (χ0n) is 11.6. The number of carbonyl (C=O) groups excluding carboxylic acids is 1. The van der Waals surface area contributed by atoms with E-state index in [0.29, 0.717) is 21.0 Å². The molecule has 0 saturated carbocycles. The fourth-order valence-corrected chi connectivity index (χ4v) is 2.51. The number of ether oxygens (including phenoxy) is 1. The minimum atomic E-state index is -4.29. The van der Waals surface area contributed by atoms with Gasteiger partial charge in [0.2, 0.25) is 0 Å². The molecule has 0 aliphatic rings. The molecular formula is C14H13BrF3NO3. The summed E-state index contributed by atoms with van der Waals surface area (Å²) in [5, 5.41) is 2.80. The van der Waals surface area contributed by atoms with Gasteiger partial charge in [0.1, 0.15) is 17.4 Å². The van der Waals surface area contributed by atoms with Gasteiger partial charge in [0, 0.05) is 22.0 Å². The van der Waals surface area contributed by atoms with E-state index in [1.165, 1.54) is 6.26 Å². The number of carbonyl (C=O) groups is 1. The molecule has 2 rings (SSSR count). The van der Waals surface area contributed by atoms with Crippen molar-refractivity contribution in [3.63, 3.8) is 0 Å². The minimum Gasteiger partial charge on any atom is -0.463 e. The summed E-state index contributed by atoms with van der Waals surface area (Å²) in [7, 11) is 0. The first kappa shape index (κ1) is 16.8. The number of hydrogen-bond donors (Lipinski definition) is 1. The number of nitrogens with one attached hydrogen (secondary N) is 1. The van der Waals surface area contributed by atoms with Gasteiger partial charge in [0.25, 0.3) is 0 Å². The number of fused-ring (bicyclic) bond motifs is 1. The lowest BCUT2D eigenvalue weighted by atomic mass is 10.1. The van der Waals surface area contributed by atoms with Gasteiger partial charge in [-0.3, -0.25) is 0 Å². The van der Waals surface area contributed by atoms with E-state index < -0.39 is 18.7 Å². The van der Waals surface area contributed by atoms with Crippen molar-refractivity contribution in [3.8, 4) is 0 Å². The maximum Gasteiger partial charge on any atom is 0.401 e. The van der Waals surface area contributed by atoms with Crippen LogP contribution >= 0.6 is 15.9 Å². The van der Waals surface area contributed by atoms with Crippen LogP contribution in [0.1, 0.15) is 22.8 Å². The number of hydrogen-bond acceptors (Lipinski definition) is 4. The van der Waals surface area contributed by atoms with Gasteiger partial charge in [-0.2, -0.15) is 13.2 Å². The summed E-state index contributed by atoms with van der Waals surface area (Å²) in [5.41, 5.74) is 1.13. The number of alkyl halides is 3.